The third-order valence-corrected chi connectivity index (χ3v) is 5.89. The van der Waals surface area contributed by atoms with Crippen LogP contribution in [0.1, 0.15) is 29.6 Å². The maximum atomic E-state index is 12.8. The monoisotopic (exact) mass is 401 g/mol. The Kier molecular flexibility index (Phi) is 4.64. The topological polar surface area (TPSA) is 46.1 Å². The summed E-state index contributed by atoms with van der Waals surface area (Å²) in [4.78, 5) is 24.1. The van der Waals surface area contributed by atoms with Crippen LogP contribution in [0.25, 0.3) is 33.1 Å². The Labute approximate surface area is 174 Å². The predicted molar refractivity (Wildman–Crippen MR) is 117 cm³/mol. The Hall–Kier alpha value is -2.98. The van der Waals surface area contributed by atoms with Crippen molar-refractivity contribution < 1.29 is 4.79 Å². The van der Waals surface area contributed by atoms with Gasteiger partial charge in [-0.2, -0.15) is 0 Å². The molecule has 4 nitrogen and oxygen atoms in total. The molecule has 0 spiro atoms. The van der Waals surface area contributed by atoms with Gasteiger partial charge in [0.1, 0.15) is 0 Å². The predicted octanol–water partition coefficient (Wildman–Crippen LogP) is 5.73. The molecule has 1 aromatic heterocycles. The quantitative estimate of drug-likeness (QED) is 0.431. The lowest BCUT2D eigenvalue weighted by molar-refractivity contribution is 0.0724. The van der Waals surface area contributed by atoms with Crippen LogP contribution >= 0.6 is 11.6 Å². The minimum absolute atomic E-state index is 0.0825. The number of benzene rings is 3. The molecule has 5 heteroatoms. The Morgan fingerprint density at radius 3 is 2.66 bits per heavy atom. The molecule has 3 aromatic carbocycles. The molecule has 0 N–H and O–H groups in total. The Morgan fingerprint density at radius 2 is 1.79 bits per heavy atom. The fourth-order valence-corrected chi connectivity index (χ4v) is 4.21. The Morgan fingerprint density at radius 1 is 0.931 bits per heavy atom. The lowest BCUT2D eigenvalue weighted by atomic mass is 10.0. The zero-order valence-electron chi connectivity index (χ0n) is 15.9. The van der Waals surface area contributed by atoms with E-state index in [-0.39, 0.29) is 5.91 Å². The van der Waals surface area contributed by atoms with Crippen LogP contribution in [-0.2, 0) is 0 Å². The minimum atomic E-state index is 0.0825. The van der Waals surface area contributed by atoms with Crippen LogP contribution < -0.4 is 0 Å². The van der Waals surface area contributed by atoms with Crippen LogP contribution in [-0.4, -0.2) is 33.9 Å². The smallest absolute Gasteiger partial charge is 0.253 e. The maximum Gasteiger partial charge on any atom is 0.253 e. The van der Waals surface area contributed by atoms with Gasteiger partial charge in [-0.05, 0) is 55.0 Å². The molecule has 1 fully saturated rings. The van der Waals surface area contributed by atoms with Crippen LogP contribution in [0.15, 0.2) is 60.8 Å². The minimum Gasteiger partial charge on any atom is -0.339 e. The molecule has 1 aliphatic heterocycles. The van der Waals surface area contributed by atoms with E-state index in [1.807, 2.05) is 53.4 Å². The summed E-state index contributed by atoms with van der Waals surface area (Å²) in [5, 5.41) is 2.81. The lowest BCUT2D eigenvalue weighted by Crippen LogP contribution is -2.35. The highest BCUT2D eigenvalue weighted by atomic mass is 35.5. The van der Waals surface area contributed by atoms with Gasteiger partial charge >= 0.3 is 0 Å². The number of carbonyl (C=O) groups is 1. The van der Waals surface area contributed by atoms with E-state index in [0.717, 1.165) is 64.0 Å². The molecule has 1 saturated heterocycles. The number of piperidine rings is 1. The molecule has 144 valence electrons. The number of hydrogen-bond donors (Lipinski definition) is 0. The summed E-state index contributed by atoms with van der Waals surface area (Å²) < 4.78 is 0. The van der Waals surface area contributed by atoms with Crippen LogP contribution in [0.2, 0.25) is 5.02 Å². The molecular formula is C24H20ClN3O. The summed E-state index contributed by atoms with van der Waals surface area (Å²) in [5.41, 5.74) is 3.95. The molecule has 0 unspecified atom stereocenters. The van der Waals surface area contributed by atoms with E-state index in [4.69, 9.17) is 16.6 Å². The van der Waals surface area contributed by atoms with Gasteiger partial charge in [-0.15, -0.1) is 0 Å². The molecule has 4 aromatic rings. The average molecular weight is 402 g/mol. The lowest BCUT2D eigenvalue weighted by Gasteiger charge is -2.26. The highest BCUT2D eigenvalue weighted by molar-refractivity contribution is 6.35. The van der Waals surface area contributed by atoms with Gasteiger partial charge in [0.25, 0.3) is 5.91 Å². The third-order valence-electron chi connectivity index (χ3n) is 5.56. The highest BCUT2D eigenvalue weighted by Gasteiger charge is 2.18. The van der Waals surface area contributed by atoms with Gasteiger partial charge in [0.05, 0.1) is 22.9 Å². The SMILES string of the molecule is O=C(c1ccc2ncc(-c3ccc4c(Cl)cccc4c3)nc2c1)N1CCCCC1. The van der Waals surface area contributed by atoms with Gasteiger partial charge in [0.15, 0.2) is 0 Å². The van der Waals surface area contributed by atoms with Crippen LogP contribution in [0.3, 0.4) is 0 Å². The second-order valence-corrected chi connectivity index (χ2v) is 7.89. The largest absolute Gasteiger partial charge is 0.339 e. The first kappa shape index (κ1) is 18.1. The molecule has 2 heterocycles. The summed E-state index contributed by atoms with van der Waals surface area (Å²) in [5.74, 6) is 0.0825. The molecule has 0 saturated carbocycles. The Balaban J connectivity index is 1.53. The second-order valence-electron chi connectivity index (χ2n) is 7.49. The van der Waals surface area contributed by atoms with Gasteiger partial charge in [-0.25, -0.2) is 4.98 Å². The summed E-state index contributed by atoms with van der Waals surface area (Å²) in [6.07, 6.45) is 5.14. The number of aromatic nitrogens is 2. The van der Waals surface area contributed by atoms with Gasteiger partial charge in [0.2, 0.25) is 0 Å². The zero-order valence-corrected chi connectivity index (χ0v) is 16.7. The normalized spacial score (nSPS) is 14.4. The van der Waals surface area contributed by atoms with Crippen molar-refractivity contribution in [1.29, 1.82) is 0 Å². The van der Waals surface area contributed by atoms with E-state index in [2.05, 4.69) is 11.1 Å². The Bertz CT molecular complexity index is 1230. The molecule has 1 amide bonds. The fraction of sp³-hybridized carbons (Fsp3) is 0.208. The van der Waals surface area contributed by atoms with Crippen LogP contribution in [0, 0.1) is 0 Å². The van der Waals surface area contributed by atoms with Crippen molar-refractivity contribution in [3.8, 4) is 11.3 Å². The van der Waals surface area contributed by atoms with Gasteiger partial charge in [0, 0.05) is 34.6 Å². The summed E-state index contributed by atoms with van der Waals surface area (Å²) in [7, 11) is 0. The zero-order chi connectivity index (χ0) is 19.8. The molecule has 0 bridgehead atoms. The van der Waals surface area contributed by atoms with Crippen molar-refractivity contribution >= 4 is 39.3 Å². The van der Waals surface area contributed by atoms with E-state index < -0.39 is 0 Å². The van der Waals surface area contributed by atoms with Crippen molar-refractivity contribution in [3.63, 3.8) is 0 Å². The molecule has 5 rings (SSSR count). The highest BCUT2D eigenvalue weighted by Crippen LogP contribution is 2.28. The van der Waals surface area contributed by atoms with Crippen molar-refractivity contribution in [1.82, 2.24) is 14.9 Å². The van der Waals surface area contributed by atoms with Crippen LogP contribution in [0.5, 0.6) is 0 Å². The first-order chi connectivity index (χ1) is 14.2. The van der Waals surface area contributed by atoms with Gasteiger partial charge in [-0.3, -0.25) is 9.78 Å². The van der Waals surface area contributed by atoms with Crippen LogP contribution in [0.4, 0.5) is 0 Å². The number of rotatable bonds is 2. The van der Waals surface area contributed by atoms with E-state index in [1.54, 1.807) is 6.20 Å². The van der Waals surface area contributed by atoms with E-state index in [1.165, 1.54) is 6.42 Å². The van der Waals surface area contributed by atoms with E-state index in [0.29, 0.717) is 5.56 Å². The number of hydrogen-bond acceptors (Lipinski definition) is 3. The van der Waals surface area contributed by atoms with Crippen molar-refractivity contribution in [2.75, 3.05) is 13.1 Å². The second kappa shape index (κ2) is 7.45. The van der Waals surface area contributed by atoms with Crippen molar-refractivity contribution in [2.45, 2.75) is 19.3 Å². The molecule has 0 atom stereocenters. The molecule has 29 heavy (non-hydrogen) atoms. The van der Waals surface area contributed by atoms with E-state index >= 15 is 0 Å². The van der Waals surface area contributed by atoms with Crippen molar-refractivity contribution in [2.24, 2.45) is 0 Å². The maximum absolute atomic E-state index is 12.8. The van der Waals surface area contributed by atoms with Crippen molar-refractivity contribution in [3.05, 3.63) is 71.4 Å². The average Bonchev–Trinajstić information content (AvgIpc) is 2.78. The first-order valence-electron chi connectivity index (χ1n) is 9.94. The molecular weight excluding hydrogens is 382 g/mol. The number of nitrogens with zero attached hydrogens (tertiary/aromatic N) is 3. The fourth-order valence-electron chi connectivity index (χ4n) is 3.97. The number of halogens is 1. The summed E-state index contributed by atoms with van der Waals surface area (Å²) >= 11 is 6.28. The first-order valence-corrected chi connectivity index (χ1v) is 10.3. The summed E-state index contributed by atoms with van der Waals surface area (Å²) in [6.45, 7) is 1.67. The summed E-state index contributed by atoms with van der Waals surface area (Å²) in [6, 6.07) is 17.5. The third kappa shape index (κ3) is 3.45. The number of amides is 1. The van der Waals surface area contributed by atoms with Gasteiger partial charge < -0.3 is 4.90 Å². The van der Waals surface area contributed by atoms with E-state index in [9.17, 15) is 4.79 Å². The molecule has 0 radical (unpaired) electrons. The molecule has 1 aliphatic rings. The standard InChI is InChI=1S/C24H20ClN3O/c25-20-6-4-5-16-13-17(7-9-19(16)20)23-15-26-21-10-8-18(14-22(21)27-23)24(29)28-11-2-1-3-12-28/h4-10,13-15H,1-3,11-12H2. The molecule has 0 aliphatic carbocycles. The van der Waals surface area contributed by atoms with Gasteiger partial charge in [-0.1, -0.05) is 35.9 Å². The number of carbonyl (C=O) groups excluding carboxylic acids is 1. The number of fused-ring (bicyclic) bond motifs is 2. The number of likely N-dealkylation sites (tertiary alicyclic amines) is 1.